The molecule has 0 rings (SSSR count). The van der Waals surface area contributed by atoms with E-state index < -0.39 is 4.77 Å². The third-order valence-electron chi connectivity index (χ3n) is 0.104. The van der Waals surface area contributed by atoms with E-state index in [0.29, 0.717) is 0 Å². The zero-order valence-corrected chi connectivity index (χ0v) is 4.00. The van der Waals surface area contributed by atoms with Crippen LogP contribution in [-0.2, 0) is 4.89 Å². The van der Waals surface area contributed by atoms with Crippen LogP contribution < -0.4 is 0 Å². The van der Waals surface area contributed by atoms with Gasteiger partial charge in [0.15, 0.2) is 0 Å². The van der Waals surface area contributed by atoms with Crippen LogP contribution in [0.15, 0.2) is 0 Å². The fourth-order valence-electron chi connectivity index (χ4n) is 0. The summed E-state index contributed by atoms with van der Waals surface area (Å²) in [7, 11) is 0. The van der Waals surface area contributed by atoms with Crippen LogP contribution in [0.25, 0.3) is 0 Å². The molecule has 0 aliphatic heterocycles. The Hall–Kier alpha value is 0.430. The molecule has 0 radical (unpaired) electrons. The lowest BCUT2D eigenvalue weighted by Gasteiger charge is -1.98. The minimum absolute atomic E-state index is 2.80. The van der Waals surface area contributed by atoms with E-state index in [2.05, 4.69) is 28.1 Å². The monoisotopic (exact) mass is 134 g/mol. The molecule has 0 unspecified atom stereocenters. The molecule has 5 heteroatoms. The van der Waals surface area contributed by atoms with E-state index in [9.17, 15) is 4.39 Å². The first-order valence-corrected chi connectivity index (χ1v) is 1.71. The molecule has 0 spiro atoms. The molecule has 0 aromatic carbocycles. The van der Waals surface area contributed by atoms with Gasteiger partial charge in [-0.1, -0.05) is 0 Å². The van der Waals surface area contributed by atoms with Crippen LogP contribution in [0.4, 0.5) is 4.39 Å². The van der Waals surface area contributed by atoms with Crippen LogP contribution in [0.2, 0.25) is 0 Å². The first-order chi connectivity index (χ1) is 2.56. The maximum atomic E-state index is 11.2. The van der Waals surface area contributed by atoms with Crippen LogP contribution in [0.1, 0.15) is 0 Å². The first-order valence-electron chi connectivity index (χ1n) is 0.954. The molecular formula is CHCl2FO2. The average Bonchev–Trinajstić information content (AvgIpc) is 1.35. The largest absolute Gasteiger partial charge is 0.393 e. The van der Waals surface area contributed by atoms with Crippen molar-refractivity contribution in [3.05, 3.63) is 0 Å². The lowest BCUT2D eigenvalue weighted by atomic mass is 11.6. The molecule has 0 aromatic rings. The van der Waals surface area contributed by atoms with E-state index in [-0.39, 0.29) is 0 Å². The minimum atomic E-state index is -2.96. The highest BCUT2D eigenvalue weighted by molar-refractivity contribution is 6.45. The van der Waals surface area contributed by atoms with Gasteiger partial charge in [-0.25, -0.2) is 5.26 Å². The number of rotatable bonds is 1. The molecule has 2 nitrogen and oxygen atoms in total. The molecule has 0 aliphatic rings. The van der Waals surface area contributed by atoms with Gasteiger partial charge in [0, 0.05) is 0 Å². The van der Waals surface area contributed by atoms with Crippen LogP contribution in [0.3, 0.4) is 0 Å². The second-order valence-corrected chi connectivity index (χ2v) is 1.70. The summed E-state index contributed by atoms with van der Waals surface area (Å²) in [5.41, 5.74) is 0. The summed E-state index contributed by atoms with van der Waals surface area (Å²) in [4.78, 5) is 2.80. The van der Waals surface area contributed by atoms with Gasteiger partial charge in [-0.15, -0.1) is 0 Å². The summed E-state index contributed by atoms with van der Waals surface area (Å²) in [5.74, 6) is 0. The van der Waals surface area contributed by atoms with Crippen molar-refractivity contribution in [2.24, 2.45) is 0 Å². The zero-order chi connectivity index (χ0) is 5.21. The van der Waals surface area contributed by atoms with Gasteiger partial charge >= 0.3 is 4.77 Å². The number of halogens is 3. The lowest BCUT2D eigenvalue weighted by Crippen LogP contribution is -2.05. The minimum Gasteiger partial charge on any atom is -0.246 e. The predicted octanol–water partition coefficient (Wildman–Crippen LogP) is 1.53. The smallest absolute Gasteiger partial charge is 0.246 e. The van der Waals surface area contributed by atoms with Crippen molar-refractivity contribution in [1.82, 2.24) is 0 Å². The Bertz CT molecular complexity index is 41.3. The second kappa shape index (κ2) is 1.93. The Kier molecular flexibility index (Phi) is 2.07. The molecule has 0 amide bonds. The molecule has 0 aromatic heterocycles. The Morgan fingerprint density at radius 1 is 1.67 bits per heavy atom. The summed E-state index contributed by atoms with van der Waals surface area (Å²) < 4.78 is 8.22. The Morgan fingerprint density at radius 2 is 1.83 bits per heavy atom. The molecule has 1 N–H and O–H groups in total. The Morgan fingerprint density at radius 3 is 1.83 bits per heavy atom. The van der Waals surface area contributed by atoms with Crippen molar-refractivity contribution < 1.29 is 14.5 Å². The predicted molar refractivity (Wildman–Crippen MR) is 19.3 cm³/mol. The van der Waals surface area contributed by atoms with Crippen molar-refractivity contribution in [3.8, 4) is 0 Å². The average molecular weight is 135 g/mol. The van der Waals surface area contributed by atoms with E-state index in [1.165, 1.54) is 0 Å². The van der Waals surface area contributed by atoms with Crippen molar-refractivity contribution >= 4 is 23.2 Å². The van der Waals surface area contributed by atoms with Gasteiger partial charge in [0.25, 0.3) is 0 Å². The normalized spacial score (nSPS) is 12.0. The summed E-state index contributed by atoms with van der Waals surface area (Å²) in [6.07, 6.45) is 0. The maximum absolute atomic E-state index is 11.2. The third kappa shape index (κ3) is 4.43. The highest BCUT2D eigenvalue weighted by atomic mass is 35.5. The summed E-state index contributed by atoms with van der Waals surface area (Å²) >= 11 is 8.69. The first kappa shape index (κ1) is 6.43. The van der Waals surface area contributed by atoms with Gasteiger partial charge in [-0.2, -0.15) is 9.28 Å². The van der Waals surface area contributed by atoms with Crippen LogP contribution in [-0.4, -0.2) is 10.0 Å². The van der Waals surface area contributed by atoms with E-state index in [4.69, 9.17) is 5.26 Å². The van der Waals surface area contributed by atoms with Gasteiger partial charge in [-0.05, 0) is 23.2 Å². The van der Waals surface area contributed by atoms with Gasteiger partial charge in [0.2, 0.25) is 0 Å². The maximum Gasteiger partial charge on any atom is 0.393 e. The van der Waals surface area contributed by atoms with Gasteiger partial charge in [0.05, 0.1) is 0 Å². The fraction of sp³-hybridized carbons (Fsp3) is 1.00. The number of hydrogen-bond donors (Lipinski definition) is 1. The van der Waals surface area contributed by atoms with Crippen molar-refractivity contribution in [1.29, 1.82) is 0 Å². The molecular weight excluding hydrogens is 134 g/mol. The summed E-state index contributed by atoms with van der Waals surface area (Å²) in [6, 6.07) is 0. The molecule has 38 valence electrons. The van der Waals surface area contributed by atoms with E-state index in [1.54, 1.807) is 0 Å². The Labute approximate surface area is 43.3 Å². The molecule has 0 heterocycles. The van der Waals surface area contributed by atoms with Crippen LogP contribution >= 0.6 is 23.2 Å². The quantitative estimate of drug-likeness (QED) is 0.335. The molecule has 0 atom stereocenters. The van der Waals surface area contributed by atoms with Crippen molar-refractivity contribution in [2.75, 3.05) is 0 Å². The SMILES string of the molecule is OOC(F)(Cl)Cl. The van der Waals surface area contributed by atoms with Crippen LogP contribution in [0.5, 0.6) is 0 Å². The van der Waals surface area contributed by atoms with Gasteiger partial charge in [0.1, 0.15) is 0 Å². The summed E-state index contributed by atoms with van der Waals surface area (Å²) in [6.45, 7) is 0. The van der Waals surface area contributed by atoms with Crippen molar-refractivity contribution in [2.45, 2.75) is 4.77 Å². The zero-order valence-electron chi connectivity index (χ0n) is 2.49. The van der Waals surface area contributed by atoms with Crippen molar-refractivity contribution in [3.63, 3.8) is 0 Å². The standard InChI is InChI=1S/CHCl2FO2/c2-1(3,4)6-5/h5H. The lowest BCUT2D eigenvalue weighted by molar-refractivity contribution is -0.302. The molecule has 0 bridgehead atoms. The molecule has 0 aliphatic carbocycles. The van der Waals surface area contributed by atoms with E-state index >= 15 is 0 Å². The Balaban J connectivity index is 3.17. The highest BCUT2D eigenvalue weighted by Gasteiger charge is 2.21. The van der Waals surface area contributed by atoms with E-state index in [1.807, 2.05) is 0 Å². The highest BCUT2D eigenvalue weighted by Crippen LogP contribution is 2.21. The topological polar surface area (TPSA) is 29.5 Å². The third-order valence-corrected chi connectivity index (χ3v) is 0.242. The molecule has 0 saturated carbocycles. The molecule has 6 heavy (non-hydrogen) atoms. The fourth-order valence-corrected chi connectivity index (χ4v) is 0. The number of hydrogen-bond acceptors (Lipinski definition) is 2. The summed E-state index contributed by atoms with van der Waals surface area (Å²) in [5, 5.41) is 7.26. The molecule has 0 fully saturated rings. The second-order valence-electron chi connectivity index (χ2n) is 0.537. The molecule has 0 saturated heterocycles. The van der Waals surface area contributed by atoms with Gasteiger partial charge < -0.3 is 0 Å². The number of alkyl halides is 3. The van der Waals surface area contributed by atoms with Crippen LogP contribution in [0, 0.1) is 0 Å². The van der Waals surface area contributed by atoms with Gasteiger partial charge in [-0.3, -0.25) is 0 Å². The van der Waals surface area contributed by atoms with E-state index in [0.717, 1.165) is 0 Å².